The maximum Gasteiger partial charge on any atom is 0.297 e. The molecule has 1 aliphatic rings. The molecule has 6 rings (SSSR count). The van der Waals surface area contributed by atoms with Gasteiger partial charge >= 0.3 is 0 Å². The van der Waals surface area contributed by atoms with Crippen LogP contribution in [-0.4, -0.2) is 23.1 Å². The van der Waals surface area contributed by atoms with E-state index in [0.717, 1.165) is 4.70 Å². The summed E-state index contributed by atoms with van der Waals surface area (Å²) in [7, 11) is 1.43. The number of thiazole rings is 1. The molecule has 7 nitrogen and oxygen atoms in total. The maximum atomic E-state index is 13.7. The molecule has 3 aromatic carbocycles. The molecule has 0 aliphatic carbocycles. The number of ether oxygens (including phenoxy) is 1. The second-order valence-corrected chi connectivity index (χ2v) is 9.23. The first-order chi connectivity index (χ1) is 16.5. The summed E-state index contributed by atoms with van der Waals surface area (Å²) in [5.41, 5.74) is 1.50. The molecule has 1 amide bonds. The highest BCUT2D eigenvalue weighted by molar-refractivity contribution is 7.22. The van der Waals surface area contributed by atoms with Gasteiger partial charge in [-0.15, -0.1) is 0 Å². The van der Waals surface area contributed by atoms with Crippen LogP contribution in [0.15, 0.2) is 69.9 Å². The highest BCUT2D eigenvalue weighted by Crippen LogP contribution is 2.45. The van der Waals surface area contributed by atoms with Crippen molar-refractivity contribution in [1.82, 2.24) is 4.98 Å². The molecule has 5 aromatic rings. The Morgan fingerprint density at radius 1 is 1.12 bits per heavy atom. The van der Waals surface area contributed by atoms with E-state index in [2.05, 4.69) is 4.98 Å². The summed E-state index contributed by atoms with van der Waals surface area (Å²) in [5.74, 6) is -0.333. The quantitative estimate of drug-likeness (QED) is 0.358. The fraction of sp³-hybridized carbons (Fsp3) is 0.0800. The zero-order valence-electron chi connectivity index (χ0n) is 17.6. The molecule has 0 saturated carbocycles. The highest BCUT2D eigenvalue weighted by atomic mass is 35.5. The van der Waals surface area contributed by atoms with E-state index in [0.29, 0.717) is 32.2 Å². The fourth-order valence-electron chi connectivity index (χ4n) is 4.29. The van der Waals surface area contributed by atoms with Crippen LogP contribution in [0.4, 0.5) is 5.13 Å². The number of fused-ring (bicyclic) bond motifs is 3. The van der Waals surface area contributed by atoms with E-state index in [1.54, 1.807) is 54.6 Å². The zero-order valence-corrected chi connectivity index (χ0v) is 19.2. The van der Waals surface area contributed by atoms with E-state index in [1.165, 1.54) is 29.4 Å². The number of carbonyl (C=O) groups excluding carboxylic acids is 1. The number of rotatable bonds is 3. The van der Waals surface area contributed by atoms with Crippen LogP contribution in [0, 0.1) is 0 Å². The molecular weight excluding hydrogens is 476 g/mol. The van der Waals surface area contributed by atoms with Crippen molar-refractivity contribution in [2.45, 2.75) is 6.04 Å². The molecule has 168 valence electrons. The normalized spacial score (nSPS) is 15.3. The third kappa shape index (κ3) is 2.99. The molecule has 1 aliphatic heterocycles. The fourth-order valence-corrected chi connectivity index (χ4v) is 5.55. The number of anilines is 1. The average Bonchev–Trinajstić information content (AvgIpc) is 3.38. The molecule has 9 heteroatoms. The number of halogens is 1. The van der Waals surface area contributed by atoms with Crippen LogP contribution < -0.4 is 15.1 Å². The van der Waals surface area contributed by atoms with Gasteiger partial charge in [-0.1, -0.05) is 41.1 Å². The van der Waals surface area contributed by atoms with Crippen molar-refractivity contribution in [3.8, 4) is 11.5 Å². The minimum atomic E-state index is -0.825. The molecule has 3 heterocycles. The maximum absolute atomic E-state index is 13.7. The lowest BCUT2D eigenvalue weighted by Crippen LogP contribution is -2.29. The van der Waals surface area contributed by atoms with E-state index >= 15 is 0 Å². The Hall–Kier alpha value is -3.88. The monoisotopic (exact) mass is 490 g/mol. The van der Waals surface area contributed by atoms with Crippen LogP contribution >= 0.6 is 22.9 Å². The van der Waals surface area contributed by atoms with Gasteiger partial charge in [0, 0.05) is 5.02 Å². The number of para-hydroxylation sites is 1. The van der Waals surface area contributed by atoms with Gasteiger partial charge in [0.1, 0.15) is 5.58 Å². The molecule has 1 N–H and O–H groups in total. The summed E-state index contributed by atoms with van der Waals surface area (Å²) in [6, 6.07) is 16.0. The third-order valence-corrected chi connectivity index (χ3v) is 7.09. The van der Waals surface area contributed by atoms with E-state index in [-0.39, 0.29) is 28.3 Å². The molecule has 0 saturated heterocycles. The standard InChI is InChI=1S/C25H15ClN2O5S/c1-32-18-10-12(6-9-16(18)29)21-20-22(30)14-4-2-3-5-17(14)33-23(20)24(31)28(21)25-27-15-8-7-13(26)11-19(15)34-25/h2-11,21,29H,1H3. The first-order valence-corrected chi connectivity index (χ1v) is 11.5. The lowest BCUT2D eigenvalue weighted by Gasteiger charge is -2.23. The van der Waals surface area contributed by atoms with Crippen molar-refractivity contribution >= 4 is 55.2 Å². The molecule has 0 radical (unpaired) electrons. The van der Waals surface area contributed by atoms with Crippen molar-refractivity contribution < 1.29 is 19.1 Å². The Balaban J connectivity index is 1.64. The van der Waals surface area contributed by atoms with Crippen LogP contribution in [-0.2, 0) is 0 Å². The summed E-state index contributed by atoms with van der Waals surface area (Å²) in [6.45, 7) is 0. The lowest BCUT2D eigenvalue weighted by molar-refractivity contribution is 0.0971. The molecule has 0 fully saturated rings. The molecule has 1 atom stereocenters. The van der Waals surface area contributed by atoms with E-state index in [1.807, 2.05) is 0 Å². The molecular formula is C25H15ClN2O5S. The van der Waals surface area contributed by atoms with Crippen molar-refractivity contribution in [2.75, 3.05) is 12.0 Å². The number of nitrogens with zero attached hydrogens (tertiary/aromatic N) is 2. The number of carbonyl (C=O) groups is 1. The molecule has 2 aromatic heterocycles. The number of benzene rings is 3. The Labute approximate surface area is 201 Å². The zero-order chi connectivity index (χ0) is 23.6. The van der Waals surface area contributed by atoms with Crippen LogP contribution in [0.1, 0.15) is 27.7 Å². The van der Waals surface area contributed by atoms with Gasteiger partial charge in [-0.05, 0) is 48.0 Å². The van der Waals surface area contributed by atoms with E-state index in [4.69, 9.17) is 20.8 Å². The summed E-state index contributed by atoms with van der Waals surface area (Å²) < 4.78 is 12.0. The van der Waals surface area contributed by atoms with Gasteiger partial charge in [-0.2, -0.15) is 0 Å². The van der Waals surface area contributed by atoms with Crippen molar-refractivity contribution in [3.63, 3.8) is 0 Å². The number of aromatic nitrogens is 1. The van der Waals surface area contributed by atoms with E-state index < -0.39 is 11.9 Å². The topological polar surface area (TPSA) is 92.9 Å². The number of phenolic OH excluding ortho intramolecular Hbond substituents is 1. The summed E-state index contributed by atoms with van der Waals surface area (Å²) in [5, 5.41) is 11.4. The van der Waals surface area contributed by atoms with Gasteiger partial charge in [-0.25, -0.2) is 4.98 Å². The highest BCUT2D eigenvalue weighted by Gasteiger charge is 2.45. The Bertz CT molecular complexity index is 1690. The van der Waals surface area contributed by atoms with Crippen molar-refractivity contribution in [2.24, 2.45) is 0 Å². The average molecular weight is 491 g/mol. The number of methoxy groups -OCH3 is 1. The Morgan fingerprint density at radius 3 is 2.76 bits per heavy atom. The van der Waals surface area contributed by atoms with E-state index in [9.17, 15) is 14.7 Å². The van der Waals surface area contributed by atoms with Gasteiger partial charge in [0.05, 0.1) is 34.3 Å². The van der Waals surface area contributed by atoms with Crippen LogP contribution in [0.25, 0.3) is 21.2 Å². The van der Waals surface area contributed by atoms with Gasteiger partial charge in [-0.3, -0.25) is 14.5 Å². The number of amides is 1. The second-order valence-electron chi connectivity index (χ2n) is 7.79. The smallest absolute Gasteiger partial charge is 0.297 e. The predicted octanol–water partition coefficient (Wildman–Crippen LogP) is 5.52. The van der Waals surface area contributed by atoms with Crippen LogP contribution in [0.5, 0.6) is 11.5 Å². The van der Waals surface area contributed by atoms with Crippen LogP contribution in [0.3, 0.4) is 0 Å². The SMILES string of the molecule is COc1cc(C2c3c(oc4ccccc4c3=O)C(=O)N2c2nc3ccc(Cl)cc3s2)ccc1O. The lowest BCUT2D eigenvalue weighted by atomic mass is 9.98. The number of phenols is 1. The molecule has 1 unspecified atom stereocenters. The largest absolute Gasteiger partial charge is 0.504 e. The van der Waals surface area contributed by atoms with Crippen molar-refractivity contribution in [3.05, 3.63) is 92.8 Å². The number of hydrogen-bond donors (Lipinski definition) is 1. The van der Waals surface area contributed by atoms with Gasteiger partial charge in [0.25, 0.3) is 5.91 Å². The first kappa shape index (κ1) is 20.7. The predicted molar refractivity (Wildman–Crippen MR) is 130 cm³/mol. The molecule has 0 bridgehead atoms. The second kappa shape index (κ2) is 7.58. The third-order valence-electron chi connectivity index (χ3n) is 5.84. The summed E-state index contributed by atoms with van der Waals surface area (Å²) >= 11 is 7.44. The minimum absolute atomic E-state index is 0.0296. The number of aromatic hydroxyl groups is 1. The Morgan fingerprint density at radius 2 is 1.94 bits per heavy atom. The van der Waals surface area contributed by atoms with Gasteiger partial charge in [0.2, 0.25) is 5.76 Å². The first-order valence-electron chi connectivity index (χ1n) is 10.3. The Kier molecular flexibility index (Phi) is 4.62. The number of hydrogen-bond acceptors (Lipinski definition) is 7. The molecule has 34 heavy (non-hydrogen) atoms. The van der Waals surface area contributed by atoms with Gasteiger partial charge < -0.3 is 14.3 Å². The van der Waals surface area contributed by atoms with Crippen LogP contribution in [0.2, 0.25) is 5.02 Å². The summed E-state index contributed by atoms with van der Waals surface area (Å²) in [6.07, 6.45) is 0. The van der Waals surface area contributed by atoms with Gasteiger partial charge in [0.15, 0.2) is 22.1 Å². The van der Waals surface area contributed by atoms with Crippen molar-refractivity contribution in [1.29, 1.82) is 0 Å². The minimum Gasteiger partial charge on any atom is -0.504 e. The molecule has 0 spiro atoms. The summed E-state index contributed by atoms with van der Waals surface area (Å²) in [4.78, 5) is 33.4.